The normalized spacial score (nSPS) is 17.8. The van der Waals surface area contributed by atoms with E-state index in [4.69, 9.17) is 14.2 Å². The minimum Gasteiger partial charge on any atom is -0.493 e. The second kappa shape index (κ2) is 10.2. The Kier molecular flexibility index (Phi) is 7.21. The van der Waals surface area contributed by atoms with Gasteiger partial charge in [0, 0.05) is 12.1 Å². The number of aliphatic hydroxyl groups is 1. The Morgan fingerprint density at radius 3 is 2.27 bits per heavy atom. The summed E-state index contributed by atoms with van der Waals surface area (Å²) in [6, 6.07) is 6.81. The maximum Gasteiger partial charge on any atom is 0.410 e. The third kappa shape index (κ3) is 5.15. The van der Waals surface area contributed by atoms with E-state index in [1.807, 2.05) is 0 Å². The van der Waals surface area contributed by atoms with Crippen molar-refractivity contribution < 1.29 is 37.3 Å². The number of carbonyl (C=O) groups excluding carboxylic acids is 1. The summed E-state index contributed by atoms with van der Waals surface area (Å²) < 4.78 is 59.1. The van der Waals surface area contributed by atoms with Crippen LogP contribution in [0.2, 0.25) is 0 Å². The lowest BCUT2D eigenvalue weighted by Gasteiger charge is -2.34. The van der Waals surface area contributed by atoms with Crippen molar-refractivity contribution in [2.45, 2.75) is 37.7 Å². The third-order valence-corrected chi connectivity index (χ3v) is 6.22. The average Bonchev–Trinajstić information content (AvgIpc) is 3.31. The molecule has 0 bridgehead atoms. The lowest BCUT2D eigenvalue weighted by atomic mass is 9.95. The average molecular weight is 521 g/mol. The van der Waals surface area contributed by atoms with E-state index in [1.165, 1.54) is 21.3 Å². The van der Waals surface area contributed by atoms with Crippen LogP contribution in [0.25, 0.3) is 0 Å². The molecule has 37 heavy (non-hydrogen) atoms. The van der Waals surface area contributed by atoms with Crippen LogP contribution >= 0.6 is 0 Å². The fraction of sp³-hybridized carbons (Fsp3) is 0.360. The molecular weight excluding hydrogens is 493 g/mol. The molecule has 2 heterocycles. The number of anilines is 2. The molecule has 9 nitrogen and oxygen atoms in total. The number of halogens is 3. The number of methoxy groups -OCH3 is 3. The highest BCUT2D eigenvalue weighted by Crippen LogP contribution is 2.47. The largest absolute Gasteiger partial charge is 0.493 e. The van der Waals surface area contributed by atoms with E-state index >= 15 is 0 Å². The second-order valence-corrected chi connectivity index (χ2v) is 8.55. The maximum atomic E-state index is 14.1. The lowest BCUT2D eigenvalue weighted by molar-refractivity contribution is -0.173. The van der Waals surface area contributed by atoms with Gasteiger partial charge in [-0.3, -0.25) is 4.79 Å². The van der Waals surface area contributed by atoms with Gasteiger partial charge in [0.25, 0.3) is 5.91 Å². The molecule has 3 unspecified atom stereocenters. The number of rotatable bonds is 7. The summed E-state index contributed by atoms with van der Waals surface area (Å²) >= 11 is 0. The van der Waals surface area contributed by atoms with Gasteiger partial charge in [-0.2, -0.15) is 18.3 Å². The maximum absolute atomic E-state index is 14.1. The summed E-state index contributed by atoms with van der Waals surface area (Å²) in [5.41, 5.74) is 1.48. The first-order valence-electron chi connectivity index (χ1n) is 11.4. The molecule has 3 N–H and O–H groups in total. The van der Waals surface area contributed by atoms with Gasteiger partial charge >= 0.3 is 6.18 Å². The molecule has 0 radical (unpaired) electrons. The number of hydrogen-bond donors (Lipinski definition) is 3. The number of aliphatic hydroxyl groups excluding tert-OH is 1. The number of ether oxygens (including phenoxy) is 3. The summed E-state index contributed by atoms with van der Waals surface area (Å²) in [4.78, 5) is 13.1. The molecule has 0 fully saturated rings. The molecule has 1 aromatic heterocycles. The zero-order valence-electron chi connectivity index (χ0n) is 20.6. The summed E-state index contributed by atoms with van der Waals surface area (Å²) in [6.45, 7) is 1.61. The number of fused-ring (bicyclic) bond motifs is 1. The van der Waals surface area contributed by atoms with Crippen molar-refractivity contribution >= 4 is 17.4 Å². The van der Waals surface area contributed by atoms with Gasteiger partial charge in [-0.1, -0.05) is 12.1 Å². The van der Waals surface area contributed by atoms with E-state index in [2.05, 4.69) is 15.7 Å². The molecule has 1 aliphatic rings. The number of nitrogens with zero attached hydrogens (tertiary/aromatic N) is 2. The van der Waals surface area contributed by atoms with E-state index in [0.717, 1.165) is 10.9 Å². The quantitative estimate of drug-likeness (QED) is 0.408. The van der Waals surface area contributed by atoms with E-state index in [-0.39, 0.29) is 17.8 Å². The molecule has 198 valence electrons. The Morgan fingerprint density at radius 2 is 1.76 bits per heavy atom. The van der Waals surface area contributed by atoms with Gasteiger partial charge in [-0.25, -0.2) is 4.68 Å². The number of nitrogens with one attached hydrogen (secondary N) is 2. The molecular formula is C25H27F3N4O5. The molecule has 12 heteroatoms. The highest BCUT2D eigenvalue weighted by Gasteiger charge is 2.47. The zero-order chi connectivity index (χ0) is 26.9. The van der Waals surface area contributed by atoms with Crippen LogP contribution < -0.4 is 24.8 Å². The number of hydrogen-bond acceptors (Lipinski definition) is 7. The first-order chi connectivity index (χ1) is 17.6. The highest BCUT2D eigenvalue weighted by molar-refractivity contribution is 6.07. The minimum atomic E-state index is -4.62. The molecule has 2 aromatic carbocycles. The van der Waals surface area contributed by atoms with Crippen molar-refractivity contribution in [3.63, 3.8) is 0 Å². The molecule has 0 saturated heterocycles. The molecule has 1 amide bonds. The first-order valence-corrected chi connectivity index (χ1v) is 11.4. The highest BCUT2D eigenvalue weighted by atomic mass is 19.4. The second-order valence-electron chi connectivity index (χ2n) is 8.55. The summed E-state index contributed by atoms with van der Waals surface area (Å²) in [5, 5.41) is 19.3. The van der Waals surface area contributed by atoms with Crippen LogP contribution in [0.4, 0.5) is 24.7 Å². The summed E-state index contributed by atoms with van der Waals surface area (Å²) in [6.07, 6.45) is -4.56. The van der Waals surface area contributed by atoms with E-state index in [1.54, 1.807) is 43.3 Å². The lowest BCUT2D eigenvalue weighted by Crippen LogP contribution is -2.36. The fourth-order valence-electron chi connectivity index (χ4n) is 4.29. The first kappa shape index (κ1) is 26.1. The number of amides is 1. The Balaban J connectivity index is 1.70. The van der Waals surface area contributed by atoms with Gasteiger partial charge < -0.3 is 30.0 Å². The molecule has 0 saturated carbocycles. The van der Waals surface area contributed by atoms with Crippen LogP contribution in [0.5, 0.6) is 17.2 Å². The number of alkyl halides is 3. The van der Waals surface area contributed by atoms with Crippen molar-refractivity contribution in [1.29, 1.82) is 0 Å². The van der Waals surface area contributed by atoms with Crippen molar-refractivity contribution in [3.8, 4) is 17.2 Å². The monoisotopic (exact) mass is 520 g/mol. The smallest absolute Gasteiger partial charge is 0.410 e. The van der Waals surface area contributed by atoms with Crippen LogP contribution in [0.3, 0.4) is 0 Å². The van der Waals surface area contributed by atoms with E-state index in [9.17, 15) is 23.1 Å². The SMILES string of the molecule is COc1cc(C2CC(C(F)(F)F)n3ncc(C(=O)Nc4ccc(C(C)O)cc4)c3N2)cc(OC)c1OC. The Hall–Kier alpha value is -3.93. The van der Waals surface area contributed by atoms with E-state index in [0.29, 0.717) is 34.1 Å². The Bertz CT molecular complexity index is 1250. The molecule has 1 aliphatic heterocycles. The van der Waals surface area contributed by atoms with Gasteiger partial charge in [0.15, 0.2) is 17.5 Å². The predicted molar refractivity (Wildman–Crippen MR) is 129 cm³/mol. The Morgan fingerprint density at radius 1 is 1.14 bits per heavy atom. The molecule has 4 rings (SSSR count). The number of aromatic nitrogens is 2. The van der Waals surface area contributed by atoms with Crippen molar-refractivity contribution in [2.75, 3.05) is 32.0 Å². The van der Waals surface area contributed by atoms with Crippen molar-refractivity contribution in [3.05, 3.63) is 59.3 Å². The fourth-order valence-corrected chi connectivity index (χ4v) is 4.29. The summed E-state index contributed by atoms with van der Waals surface area (Å²) in [5.74, 6) is 0.193. The topological polar surface area (TPSA) is 107 Å². The molecule has 3 atom stereocenters. The number of benzene rings is 2. The standard InChI is InChI=1S/C25H27F3N4O5/c1-13(33)14-5-7-16(8-6-14)30-24(34)17-12-29-32-21(25(26,27)28)11-18(31-23(17)32)15-9-19(35-2)22(37-4)20(10-15)36-3/h5-10,12-13,18,21,31,33H,11H2,1-4H3,(H,30,34). The van der Waals surface area contributed by atoms with Gasteiger partial charge in [-0.05, 0) is 42.3 Å². The van der Waals surface area contributed by atoms with Crippen LogP contribution in [-0.2, 0) is 0 Å². The van der Waals surface area contributed by atoms with Gasteiger partial charge in [0.1, 0.15) is 11.4 Å². The molecule has 3 aromatic rings. The third-order valence-electron chi connectivity index (χ3n) is 6.22. The van der Waals surface area contributed by atoms with Gasteiger partial charge in [0.05, 0.1) is 39.7 Å². The van der Waals surface area contributed by atoms with Crippen molar-refractivity contribution in [2.24, 2.45) is 0 Å². The van der Waals surface area contributed by atoms with Gasteiger partial charge in [0.2, 0.25) is 5.75 Å². The van der Waals surface area contributed by atoms with Crippen molar-refractivity contribution in [1.82, 2.24) is 9.78 Å². The van der Waals surface area contributed by atoms with Crippen LogP contribution in [0.1, 0.15) is 53.0 Å². The number of carbonyl (C=O) groups is 1. The molecule has 0 aliphatic carbocycles. The predicted octanol–water partition coefficient (Wildman–Crippen LogP) is 4.87. The minimum absolute atomic E-state index is 0.0500. The zero-order valence-corrected chi connectivity index (χ0v) is 20.6. The van der Waals surface area contributed by atoms with Gasteiger partial charge in [-0.15, -0.1) is 0 Å². The van der Waals surface area contributed by atoms with Crippen LogP contribution in [0.15, 0.2) is 42.6 Å². The van der Waals surface area contributed by atoms with Crippen LogP contribution in [0, 0.1) is 0 Å². The molecule has 0 spiro atoms. The van der Waals surface area contributed by atoms with Crippen LogP contribution in [-0.4, -0.2) is 48.3 Å². The Labute approximate surface area is 211 Å². The van der Waals surface area contributed by atoms with E-state index < -0.39 is 30.3 Å². The summed E-state index contributed by atoms with van der Waals surface area (Å²) in [7, 11) is 4.26.